The second-order valence-electron chi connectivity index (χ2n) is 9.65. The molecule has 0 amide bonds. The van der Waals surface area contributed by atoms with Crippen LogP contribution in [-0.4, -0.2) is 27.0 Å². The van der Waals surface area contributed by atoms with Crippen molar-refractivity contribution in [1.29, 1.82) is 0 Å². The summed E-state index contributed by atoms with van der Waals surface area (Å²) in [6.07, 6.45) is 4.74. The first kappa shape index (κ1) is 20.5. The molecule has 0 aliphatic heterocycles. The first-order valence-electron chi connectivity index (χ1n) is 10.1. The average Bonchev–Trinajstić information content (AvgIpc) is 2.76. The Bertz CT molecular complexity index is 823. The van der Waals surface area contributed by atoms with Crippen molar-refractivity contribution in [2.75, 3.05) is 0 Å². The van der Waals surface area contributed by atoms with E-state index >= 15 is 0 Å². The quantitative estimate of drug-likeness (QED) is 0.480. The molecule has 3 rings (SSSR count). The molecule has 0 N–H and O–H groups in total. The van der Waals surface area contributed by atoms with E-state index < -0.39 is 22.7 Å². The van der Waals surface area contributed by atoms with Gasteiger partial charge in [-0.15, -0.1) is 6.58 Å². The Morgan fingerprint density at radius 2 is 1.78 bits per heavy atom. The van der Waals surface area contributed by atoms with Crippen LogP contribution in [0.5, 0.6) is 0 Å². The molecule has 148 valence electrons. The molecule has 1 aromatic carbocycles. The van der Waals surface area contributed by atoms with Crippen LogP contribution in [0.15, 0.2) is 47.4 Å². The van der Waals surface area contributed by atoms with E-state index in [1.165, 1.54) is 0 Å². The molecule has 2 aliphatic rings. The summed E-state index contributed by atoms with van der Waals surface area (Å²) < 4.78 is 26.4. The first-order chi connectivity index (χ1) is 12.6. The normalized spacial score (nSPS) is 28.8. The van der Waals surface area contributed by atoms with Crippen molar-refractivity contribution in [3.8, 4) is 0 Å². The monoisotopic (exact) mass is 404 g/mol. The number of rotatable bonds is 6. The maximum atomic E-state index is 13.9. The van der Waals surface area contributed by atoms with Crippen molar-refractivity contribution in [3.05, 3.63) is 42.5 Å². The highest BCUT2D eigenvalue weighted by molar-refractivity contribution is 7.93. The predicted octanol–water partition coefficient (Wildman–Crippen LogP) is 5.26. The molecule has 3 nitrogen and oxygen atoms in total. The van der Waals surface area contributed by atoms with E-state index in [4.69, 9.17) is 0 Å². The van der Waals surface area contributed by atoms with Gasteiger partial charge < -0.3 is 0 Å². The highest BCUT2D eigenvalue weighted by Crippen LogP contribution is 2.53. The van der Waals surface area contributed by atoms with Crippen LogP contribution >= 0.6 is 0 Å². The van der Waals surface area contributed by atoms with E-state index in [2.05, 4.69) is 26.2 Å². The van der Waals surface area contributed by atoms with Gasteiger partial charge in [0, 0.05) is 14.0 Å². The third-order valence-corrected chi connectivity index (χ3v) is 10.3. The Kier molecular flexibility index (Phi) is 5.57. The topological polar surface area (TPSA) is 51.2 Å². The number of allylic oxidation sites excluding steroid dienone is 1. The molecule has 0 unspecified atom stereocenters. The zero-order valence-corrected chi connectivity index (χ0v) is 18.6. The number of carbonyl (C=O) groups is 1. The van der Waals surface area contributed by atoms with Gasteiger partial charge in [-0.25, -0.2) is 8.42 Å². The van der Waals surface area contributed by atoms with Crippen molar-refractivity contribution < 1.29 is 13.2 Å². The second kappa shape index (κ2) is 7.32. The smallest absolute Gasteiger partial charge is 0.191 e. The zero-order valence-electron chi connectivity index (χ0n) is 16.8. The van der Waals surface area contributed by atoms with E-state index in [-0.39, 0.29) is 22.5 Å². The Morgan fingerprint density at radius 1 is 1.15 bits per heavy atom. The third-order valence-electron chi connectivity index (χ3n) is 6.20. The van der Waals surface area contributed by atoms with Gasteiger partial charge in [-0.3, -0.25) is 4.79 Å². The first-order valence-corrected chi connectivity index (χ1v) is 15.3. The van der Waals surface area contributed by atoms with Gasteiger partial charge in [-0.1, -0.05) is 56.3 Å². The fourth-order valence-electron chi connectivity index (χ4n) is 5.24. The van der Waals surface area contributed by atoms with Gasteiger partial charge in [0.25, 0.3) is 0 Å². The molecule has 2 aliphatic carbocycles. The number of benzene rings is 1. The lowest BCUT2D eigenvalue weighted by Gasteiger charge is -2.36. The molecular weight excluding hydrogens is 372 g/mol. The van der Waals surface area contributed by atoms with Crippen molar-refractivity contribution in [1.82, 2.24) is 0 Å². The fraction of sp³-hybridized carbons (Fsp3) is 0.591. The van der Waals surface area contributed by atoms with Gasteiger partial charge in [-0.05, 0) is 49.8 Å². The van der Waals surface area contributed by atoms with Crippen molar-refractivity contribution in [3.63, 3.8) is 0 Å². The van der Waals surface area contributed by atoms with Crippen LogP contribution < -0.4 is 0 Å². The van der Waals surface area contributed by atoms with Crippen LogP contribution in [0.2, 0.25) is 25.7 Å². The summed E-state index contributed by atoms with van der Waals surface area (Å²) in [4.78, 5) is 13.9. The Hall–Kier alpha value is -1.20. The number of Topliss-reactive ketones (excluding diaryl/α,β-unsaturated/α-hetero) is 1. The Balaban J connectivity index is 2.10. The van der Waals surface area contributed by atoms with Gasteiger partial charge >= 0.3 is 0 Å². The molecule has 27 heavy (non-hydrogen) atoms. The lowest BCUT2D eigenvalue weighted by Crippen LogP contribution is -2.50. The Morgan fingerprint density at radius 3 is 2.41 bits per heavy atom. The van der Waals surface area contributed by atoms with Crippen LogP contribution in [0.3, 0.4) is 0 Å². The summed E-state index contributed by atoms with van der Waals surface area (Å²) in [5.74, 6) is -0.218. The minimum absolute atomic E-state index is 0.0345. The molecule has 5 heteroatoms. The van der Waals surface area contributed by atoms with Crippen LogP contribution in [0.4, 0.5) is 0 Å². The van der Waals surface area contributed by atoms with Crippen molar-refractivity contribution >= 4 is 23.7 Å². The molecule has 0 spiro atoms. The summed E-state index contributed by atoms with van der Waals surface area (Å²) in [5.41, 5.74) is 0.938. The molecule has 0 radical (unpaired) electrons. The summed E-state index contributed by atoms with van der Waals surface area (Å²) in [6.45, 7) is 11.0. The van der Waals surface area contributed by atoms with Crippen LogP contribution in [-0.2, 0) is 14.6 Å². The number of hydrogen-bond donors (Lipinski definition) is 0. The van der Waals surface area contributed by atoms with Crippen molar-refractivity contribution in [2.45, 2.75) is 73.9 Å². The number of ketones is 1. The number of hydrogen-bond acceptors (Lipinski definition) is 3. The van der Waals surface area contributed by atoms with Crippen LogP contribution in [0.25, 0.3) is 0 Å². The highest BCUT2D eigenvalue weighted by Gasteiger charge is 2.62. The predicted molar refractivity (Wildman–Crippen MR) is 113 cm³/mol. The highest BCUT2D eigenvalue weighted by atomic mass is 32.2. The van der Waals surface area contributed by atoms with E-state index in [0.29, 0.717) is 6.42 Å². The van der Waals surface area contributed by atoms with Crippen LogP contribution in [0.1, 0.15) is 38.5 Å². The molecule has 2 bridgehead atoms. The fourth-order valence-corrected chi connectivity index (χ4v) is 9.28. The van der Waals surface area contributed by atoms with Gasteiger partial charge in [0.1, 0.15) is 4.75 Å². The summed E-state index contributed by atoms with van der Waals surface area (Å²) in [5, 5.41) is 0. The molecular formula is C22H32O3SSi. The van der Waals surface area contributed by atoms with Crippen molar-refractivity contribution in [2.24, 2.45) is 11.8 Å². The van der Waals surface area contributed by atoms with Crippen LogP contribution in [0, 0.1) is 11.8 Å². The van der Waals surface area contributed by atoms with E-state index in [1.807, 2.05) is 6.07 Å². The third kappa shape index (κ3) is 3.73. The van der Waals surface area contributed by atoms with Gasteiger partial charge in [0.15, 0.2) is 15.6 Å². The molecule has 0 saturated heterocycles. The zero-order chi connectivity index (χ0) is 19.9. The number of carbonyl (C=O) groups excluding carboxylic acids is 1. The van der Waals surface area contributed by atoms with Gasteiger partial charge in [0.05, 0.1) is 4.90 Å². The summed E-state index contributed by atoms with van der Waals surface area (Å²) in [6, 6.07) is 9.45. The molecule has 2 fully saturated rings. The lowest BCUT2D eigenvalue weighted by atomic mass is 9.84. The largest absolute Gasteiger partial charge is 0.298 e. The second-order valence-corrected chi connectivity index (χ2v) is 17.3. The SMILES string of the molecule is C=C(C[C@]1(S(=O)(=O)c2ccccc2)C(=O)[C@H]2CCCC[C@@H]1C2)C[Si](C)(C)C. The number of fused-ring (bicyclic) bond motifs is 2. The van der Waals surface area contributed by atoms with Gasteiger partial charge in [-0.2, -0.15) is 0 Å². The summed E-state index contributed by atoms with van der Waals surface area (Å²) in [7, 11) is -5.20. The molecule has 0 aromatic heterocycles. The van der Waals surface area contributed by atoms with Gasteiger partial charge in [0.2, 0.25) is 0 Å². The lowest BCUT2D eigenvalue weighted by molar-refractivity contribution is -0.123. The van der Waals surface area contributed by atoms with E-state index in [9.17, 15) is 13.2 Å². The average molecular weight is 405 g/mol. The minimum Gasteiger partial charge on any atom is -0.298 e. The number of sulfone groups is 1. The summed E-state index contributed by atoms with van der Waals surface area (Å²) >= 11 is 0. The minimum atomic E-state index is -3.77. The molecule has 3 atom stereocenters. The van der Waals surface area contributed by atoms with E-state index in [1.54, 1.807) is 24.3 Å². The maximum absolute atomic E-state index is 13.9. The molecule has 2 saturated carbocycles. The standard InChI is InChI=1S/C22H32O3SSi/c1-17(16-27(2,3)4)15-22(26(24,25)20-12-6-5-7-13-20)19-11-9-8-10-18(14-19)21(22)23/h5-7,12-13,18-19H,1,8-11,14-16H2,2-4H3/t18-,19+,22+/m0/s1. The Labute approximate surface area is 165 Å². The molecule has 0 heterocycles. The van der Waals surface area contributed by atoms with E-state index in [0.717, 1.165) is 43.7 Å². The molecule has 1 aromatic rings. The maximum Gasteiger partial charge on any atom is 0.191 e.